The van der Waals surface area contributed by atoms with E-state index in [1.807, 2.05) is 0 Å². The van der Waals surface area contributed by atoms with Crippen molar-refractivity contribution >= 4 is 12.1 Å². The van der Waals surface area contributed by atoms with Gasteiger partial charge < -0.3 is 24.4 Å². The first kappa shape index (κ1) is 65.7. The first-order valence-electron chi connectivity index (χ1n) is 30.5. The number of carbonyl (C=O) groups is 2. The molecule has 0 aliphatic rings. The fourth-order valence-electron chi connectivity index (χ4n) is 9.71. The molecule has 0 aliphatic carbocycles. The molecule has 0 bridgehead atoms. The van der Waals surface area contributed by atoms with Crippen molar-refractivity contribution in [1.29, 1.82) is 0 Å². The van der Waals surface area contributed by atoms with Gasteiger partial charge in [-0.2, -0.15) is 0 Å². The highest BCUT2D eigenvalue weighted by molar-refractivity contribution is 5.76. The lowest BCUT2D eigenvalue weighted by atomic mass is 10.0. The minimum absolute atomic E-state index is 0.0105. The summed E-state index contributed by atoms with van der Waals surface area (Å²) in [6.45, 7) is 15.0. The molecule has 0 aromatic rings. The summed E-state index contributed by atoms with van der Waals surface area (Å²) in [5.74, 6) is 0.398. The molecule has 0 atom stereocenters. The zero-order valence-electron chi connectivity index (χ0n) is 46.0. The first-order valence-corrected chi connectivity index (χ1v) is 30.5. The molecule has 7 nitrogen and oxygen atoms in total. The van der Waals surface area contributed by atoms with Crippen LogP contribution in [-0.2, 0) is 14.3 Å². The first-order chi connectivity index (χ1) is 33.0. The molecular weight excluding hydrogens is 829 g/mol. The van der Waals surface area contributed by atoms with Gasteiger partial charge in [-0.15, -0.1) is 0 Å². The molecule has 0 aliphatic heterocycles. The third-order valence-electron chi connectivity index (χ3n) is 14.3. The van der Waals surface area contributed by atoms with E-state index >= 15 is 0 Å². The van der Waals surface area contributed by atoms with Crippen molar-refractivity contribution in [3.63, 3.8) is 0 Å². The summed E-state index contributed by atoms with van der Waals surface area (Å²) >= 11 is 0. The van der Waals surface area contributed by atoms with Crippen LogP contribution in [0.25, 0.3) is 0 Å². The quantitative estimate of drug-likeness (QED) is 0.0483. The van der Waals surface area contributed by atoms with E-state index in [0.29, 0.717) is 18.9 Å². The van der Waals surface area contributed by atoms with Gasteiger partial charge in [0, 0.05) is 26.1 Å². The van der Waals surface area contributed by atoms with Crippen LogP contribution in [0.15, 0.2) is 0 Å². The van der Waals surface area contributed by atoms with Gasteiger partial charge in [-0.1, -0.05) is 227 Å². The van der Waals surface area contributed by atoms with Crippen molar-refractivity contribution in [2.24, 2.45) is 0 Å². The molecule has 7 heteroatoms. The third-order valence-corrected chi connectivity index (χ3v) is 14.3. The second-order valence-corrected chi connectivity index (χ2v) is 20.9. The number of amides is 1. The number of hydrogen-bond acceptors (Lipinski definition) is 6. The fraction of sp³-hybridized carbons (Fsp3) is 0.967. The van der Waals surface area contributed by atoms with Crippen molar-refractivity contribution in [2.45, 2.75) is 329 Å². The Hall–Kier alpha value is -1.34. The minimum atomic E-state index is -0.464. The smallest absolute Gasteiger partial charge is 0.434 e. The maximum Gasteiger partial charge on any atom is 0.508 e. The van der Waals surface area contributed by atoms with Gasteiger partial charge in [0.2, 0.25) is 5.91 Å². The van der Waals surface area contributed by atoms with E-state index in [1.54, 1.807) is 0 Å². The van der Waals surface area contributed by atoms with Crippen LogP contribution < -0.4 is 0 Å². The van der Waals surface area contributed by atoms with Crippen molar-refractivity contribution in [2.75, 3.05) is 45.9 Å². The lowest BCUT2D eigenvalue weighted by molar-refractivity contribution is -0.131. The predicted molar refractivity (Wildman–Crippen MR) is 291 cm³/mol. The van der Waals surface area contributed by atoms with Crippen molar-refractivity contribution < 1.29 is 24.2 Å². The van der Waals surface area contributed by atoms with E-state index in [0.717, 1.165) is 123 Å². The second-order valence-electron chi connectivity index (χ2n) is 20.9. The lowest BCUT2D eigenvalue weighted by Gasteiger charge is -2.23. The van der Waals surface area contributed by atoms with Crippen LogP contribution >= 0.6 is 0 Å². The molecule has 1 amide bonds. The molecule has 0 aromatic carbocycles. The Balaban J connectivity index is 4.61. The van der Waals surface area contributed by atoms with E-state index < -0.39 is 6.16 Å². The third kappa shape index (κ3) is 49.4. The monoisotopic (exact) mass is 949 g/mol. The Kier molecular flexibility index (Phi) is 54.5. The van der Waals surface area contributed by atoms with Gasteiger partial charge in [0.15, 0.2) is 0 Å². The average molecular weight is 950 g/mol. The molecule has 67 heavy (non-hydrogen) atoms. The summed E-state index contributed by atoms with van der Waals surface area (Å²) in [7, 11) is 0. The maximum atomic E-state index is 13.4. The Morgan fingerprint density at radius 2 is 0.687 bits per heavy atom. The second kappa shape index (κ2) is 55.6. The molecule has 0 rings (SSSR count). The molecule has 0 radical (unpaired) electrons. The fourth-order valence-corrected chi connectivity index (χ4v) is 9.71. The van der Waals surface area contributed by atoms with Crippen molar-refractivity contribution in [1.82, 2.24) is 9.80 Å². The van der Waals surface area contributed by atoms with Gasteiger partial charge in [0.1, 0.15) is 6.10 Å². The Bertz CT molecular complexity index is 940. The van der Waals surface area contributed by atoms with Crippen molar-refractivity contribution in [3.8, 4) is 0 Å². The largest absolute Gasteiger partial charge is 0.508 e. The van der Waals surface area contributed by atoms with E-state index in [4.69, 9.17) is 9.47 Å². The van der Waals surface area contributed by atoms with Crippen LogP contribution in [0.4, 0.5) is 4.79 Å². The number of aliphatic hydroxyl groups excluding tert-OH is 1. The van der Waals surface area contributed by atoms with E-state index in [2.05, 4.69) is 37.5 Å². The molecular formula is C60H120N2O5. The summed E-state index contributed by atoms with van der Waals surface area (Å²) in [4.78, 5) is 31.1. The van der Waals surface area contributed by atoms with Gasteiger partial charge in [0.25, 0.3) is 0 Å². The number of hydrogen-bond donors (Lipinski definition) is 1. The van der Waals surface area contributed by atoms with E-state index in [-0.39, 0.29) is 12.7 Å². The Labute approximate surface area is 419 Å². The lowest BCUT2D eigenvalue weighted by Crippen LogP contribution is -2.32. The van der Waals surface area contributed by atoms with Gasteiger partial charge in [-0.3, -0.25) is 4.79 Å². The molecule has 0 saturated heterocycles. The van der Waals surface area contributed by atoms with Gasteiger partial charge in [-0.05, 0) is 110 Å². The number of unbranched alkanes of at least 4 members (excludes halogenated alkanes) is 36. The average Bonchev–Trinajstić information content (AvgIpc) is 3.33. The Morgan fingerprint density at radius 1 is 0.373 bits per heavy atom. The molecule has 0 saturated carbocycles. The number of aliphatic hydroxyl groups is 1. The molecule has 0 fully saturated rings. The SMILES string of the molecule is CCCCCCCCCCC(CCCCCCCCCC)OC(=O)OCCCCCN(CCCCCO)CCCCCCCC(=O)N(CCCCCCCCCC)CCCCCCCCCC. The summed E-state index contributed by atoms with van der Waals surface area (Å²) in [6, 6.07) is 0. The summed E-state index contributed by atoms with van der Waals surface area (Å²) in [5.41, 5.74) is 0. The molecule has 0 heterocycles. The minimum Gasteiger partial charge on any atom is -0.434 e. The summed E-state index contributed by atoms with van der Waals surface area (Å²) in [6.07, 6.45) is 55.8. The zero-order valence-corrected chi connectivity index (χ0v) is 46.0. The van der Waals surface area contributed by atoms with Gasteiger partial charge >= 0.3 is 6.16 Å². The zero-order chi connectivity index (χ0) is 48.8. The number of rotatable bonds is 56. The van der Waals surface area contributed by atoms with Crippen LogP contribution in [0, 0.1) is 0 Å². The molecule has 400 valence electrons. The maximum absolute atomic E-state index is 13.4. The molecule has 0 aromatic heterocycles. The topological polar surface area (TPSA) is 79.3 Å². The highest BCUT2D eigenvalue weighted by Crippen LogP contribution is 2.19. The number of ether oxygens (including phenoxy) is 2. The highest BCUT2D eigenvalue weighted by atomic mass is 16.7. The highest BCUT2D eigenvalue weighted by Gasteiger charge is 2.16. The van der Waals surface area contributed by atoms with Crippen LogP contribution in [0.3, 0.4) is 0 Å². The van der Waals surface area contributed by atoms with Crippen LogP contribution in [-0.4, -0.2) is 79.0 Å². The standard InChI is InChI=1S/C60H120N2O5/c1-5-9-13-17-21-25-30-38-48-58(49-39-31-26-22-18-14-10-6-2)67-60(65)66-57-47-37-43-53-61(52-42-36-46-56-63)51-41-33-29-32-40-50-59(64)62(54-44-34-27-23-19-15-11-7-3)55-45-35-28-24-20-16-12-8-4/h58,63H,5-57H2,1-4H3. The Morgan fingerprint density at radius 3 is 1.07 bits per heavy atom. The van der Waals surface area contributed by atoms with E-state index in [1.165, 1.54) is 199 Å². The summed E-state index contributed by atoms with van der Waals surface area (Å²) in [5, 5.41) is 9.32. The number of nitrogens with zero attached hydrogens (tertiary/aromatic N) is 2. The van der Waals surface area contributed by atoms with E-state index in [9.17, 15) is 14.7 Å². The van der Waals surface area contributed by atoms with Gasteiger partial charge in [0.05, 0.1) is 6.61 Å². The van der Waals surface area contributed by atoms with Gasteiger partial charge in [-0.25, -0.2) is 4.79 Å². The molecule has 0 spiro atoms. The number of carbonyl (C=O) groups excluding carboxylic acids is 2. The van der Waals surface area contributed by atoms with Crippen LogP contribution in [0.5, 0.6) is 0 Å². The molecule has 0 unspecified atom stereocenters. The van der Waals surface area contributed by atoms with Crippen molar-refractivity contribution in [3.05, 3.63) is 0 Å². The van der Waals surface area contributed by atoms with Crippen LogP contribution in [0.2, 0.25) is 0 Å². The predicted octanol–water partition coefficient (Wildman–Crippen LogP) is 18.7. The summed E-state index contributed by atoms with van der Waals surface area (Å²) < 4.78 is 11.6. The van der Waals surface area contributed by atoms with Crippen LogP contribution in [0.1, 0.15) is 323 Å². The molecule has 1 N–H and O–H groups in total. The normalized spacial score (nSPS) is 11.6.